The van der Waals surface area contributed by atoms with Crippen LogP contribution >= 0.6 is 11.3 Å². The van der Waals surface area contributed by atoms with Gasteiger partial charge in [0.05, 0.1) is 22.2 Å². The van der Waals surface area contributed by atoms with Crippen LogP contribution in [0.2, 0.25) is 0 Å². The van der Waals surface area contributed by atoms with Gasteiger partial charge in [-0.15, -0.1) is 11.3 Å². The molecule has 30 rings (SSSR count). The zero-order valence-electron chi connectivity index (χ0n) is 74.9. The summed E-state index contributed by atoms with van der Waals surface area (Å²) < 4.78 is 9.47. The van der Waals surface area contributed by atoms with E-state index in [1.807, 2.05) is 11.3 Å². The van der Waals surface area contributed by atoms with Crippen LogP contribution in [-0.2, 0) is 10.8 Å². The molecule has 4 aliphatic rings. The van der Waals surface area contributed by atoms with Crippen LogP contribution < -0.4 is 9.80 Å². The fraction of sp³-hybridized carbons (Fsp3) is 0.0149. The van der Waals surface area contributed by atoms with Crippen molar-refractivity contribution in [3.63, 3.8) is 0 Å². The molecule has 24 aromatic carbocycles. The normalized spacial score (nSPS) is 13.2. The highest BCUT2D eigenvalue weighted by atomic mass is 32.1. The standard InChI is InChI=1S/C134H80N2OS/c1-3-31-81(32-4-1)85-71-86(73-90(72-85)136(89-67-69-98-93-37-8-7-35-91(93)92-36-9-10-38-94(92)112(98)76-89)126-79-124-114(77-116(126)107-49-30-59-129-131(107)110-48-19-27-58-128(110)137-129)104-45-17-25-56-122(104)133(124)118-52-21-13-41-100(118)101-42-14-22-53-119(101)133)83-63-61-82(62-64-83)84-65-68-97-99-70-66-88(75-113(99)96-40-12-11-39-95(96)111(97)74-84)135(87-33-5-2-6-34-87)127-80-125-115(78-117(127)109-51-29-50-108-106-47-20-28-60-130(106)138-132(108)109)105-46-18-26-57-123(105)134(125)120-54-23-15-43-102(120)103-44-16-24-55-121(103)134/h1-80H. The smallest absolute Gasteiger partial charge is 0.136 e. The summed E-state index contributed by atoms with van der Waals surface area (Å²) in [7, 11) is 0. The molecular formula is C134H80N2OS. The molecule has 0 radical (unpaired) electrons. The Hall–Kier alpha value is -17.5. The lowest BCUT2D eigenvalue weighted by Gasteiger charge is -2.34. The number of anilines is 6. The third kappa shape index (κ3) is 10.8. The molecule has 4 heteroatoms. The van der Waals surface area contributed by atoms with Crippen LogP contribution in [0.5, 0.6) is 0 Å². The molecule has 0 fully saturated rings. The van der Waals surface area contributed by atoms with Crippen molar-refractivity contribution in [2.45, 2.75) is 10.8 Å². The highest BCUT2D eigenvalue weighted by Crippen LogP contribution is 2.68. The Balaban J connectivity index is 0.601. The van der Waals surface area contributed by atoms with Gasteiger partial charge in [0, 0.05) is 70.4 Å². The quantitative estimate of drug-likeness (QED) is 0.120. The Kier molecular flexibility index (Phi) is 16.4. The van der Waals surface area contributed by atoms with Crippen molar-refractivity contribution in [1.82, 2.24) is 0 Å². The second-order valence-electron chi connectivity index (χ2n) is 37.7. The predicted octanol–water partition coefficient (Wildman–Crippen LogP) is 36.8. The van der Waals surface area contributed by atoms with E-state index in [0.29, 0.717) is 0 Å². The Morgan fingerprint density at radius 2 is 0.507 bits per heavy atom. The Bertz CT molecular complexity index is 9610. The summed E-state index contributed by atoms with van der Waals surface area (Å²) in [5.74, 6) is 0. The Labute approximate surface area is 801 Å². The van der Waals surface area contributed by atoms with Gasteiger partial charge in [0.25, 0.3) is 0 Å². The minimum absolute atomic E-state index is 0.574. The van der Waals surface area contributed by atoms with Crippen LogP contribution in [0, 0.1) is 0 Å². The molecule has 0 bridgehead atoms. The van der Waals surface area contributed by atoms with Gasteiger partial charge < -0.3 is 14.2 Å². The summed E-state index contributed by atoms with van der Waals surface area (Å²) in [5, 5.41) is 19.2. The molecule has 0 N–H and O–H groups in total. The van der Waals surface area contributed by atoms with Crippen molar-refractivity contribution < 1.29 is 4.42 Å². The SMILES string of the molecule is c1ccc(-c2cc(-c3ccc(-c4ccc5c6ccc(N(c7ccccc7)c7cc8c(cc7-c7cccc9c7sc7ccccc79)-c7ccccc7C87c8ccccc8-c8ccccc87)cc6c6ccccc6c5c4)cc3)cc(N(c3ccc4c5ccccc5c5ccccc5c4c3)c3cc4c(cc3-c3cccc5oc6ccccc6c35)-c3ccccc3C43c4ccccc4-c4ccccc43)c2)cc1. The Morgan fingerprint density at radius 1 is 0.167 bits per heavy atom. The van der Waals surface area contributed by atoms with Gasteiger partial charge in [0.1, 0.15) is 11.2 Å². The fourth-order valence-corrected chi connectivity index (χ4v) is 26.5. The number of thiophene rings is 1. The Morgan fingerprint density at radius 3 is 1.01 bits per heavy atom. The number of para-hydroxylation sites is 2. The molecule has 0 unspecified atom stereocenters. The van der Waals surface area contributed by atoms with Crippen molar-refractivity contribution in [3.8, 4) is 100 Å². The molecule has 0 aliphatic heterocycles. The second kappa shape index (κ2) is 29.5. The number of rotatable bonds is 11. The molecular weight excluding hydrogens is 1690 g/mol. The molecule has 638 valence electrons. The minimum Gasteiger partial charge on any atom is -0.456 e. The van der Waals surface area contributed by atoms with Crippen molar-refractivity contribution in [1.29, 1.82) is 0 Å². The average Bonchev–Trinajstić information content (AvgIpc) is 1.51. The van der Waals surface area contributed by atoms with Gasteiger partial charge in [-0.05, 0) is 296 Å². The second-order valence-corrected chi connectivity index (χ2v) is 38.8. The van der Waals surface area contributed by atoms with Crippen LogP contribution in [-0.4, -0.2) is 0 Å². The highest BCUT2D eigenvalue weighted by Gasteiger charge is 2.54. The van der Waals surface area contributed by atoms with E-state index in [1.54, 1.807) is 0 Å². The third-order valence-corrected chi connectivity index (χ3v) is 32.2. The van der Waals surface area contributed by atoms with Gasteiger partial charge in [-0.25, -0.2) is 0 Å². The maximum atomic E-state index is 6.91. The highest BCUT2D eigenvalue weighted by molar-refractivity contribution is 7.26. The number of fused-ring (bicyclic) bond motifs is 38. The van der Waals surface area contributed by atoms with Gasteiger partial charge in [0.2, 0.25) is 0 Å². The van der Waals surface area contributed by atoms with Gasteiger partial charge >= 0.3 is 0 Å². The molecule has 3 nitrogen and oxygen atoms in total. The lowest BCUT2D eigenvalue weighted by atomic mass is 9.70. The zero-order chi connectivity index (χ0) is 90.2. The van der Waals surface area contributed by atoms with Crippen LogP contribution in [0.25, 0.3) is 207 Å². The lowest BCUT2D eigenvalue weighted by molar-refractivity contribution is 0.669. The number of benzene rings is 24. The maximum absolute atomic E-state index is 6.91. The van der Waals surface area contributed by atoms with E-state index < -0.39 is 10.8 Å². The third-order valence-electron chi connectivity index (χ3n) is 31.0. The zero-order valence-corrected chi connectivity index (χ0v) is 75.7. The number of nitrogens with zero attached hydrogens (tertiary/aromatic N) is 2. The summed E-state index contributed by atoms with van der Waals surface area (Å²) in [6.07, 6.45) is 0. The maximum Gasteiger partial charge on any atom is 0.136 e. The van der Waals surface area contributed by atoms with Crippen LogP contribution in [0.4, 0.5) is 34.1 Å². The summed E-state index contributed by atoms with van der Waals surface area (Å²) in [6.45, 7) is 0. The topological polar surface area (TPSA) is 19.6 Å². The first kappa shape index (κ1) is 77.0. The molecule has 2 heterocycles. The summed E-state index contributed by atoms with van der Waals surface area (Å²) in [6, 6.07) is 184. The van der Waals surface area contributed by atoms with Crippen LogP contribution in [0.1, 0.15) is 44.5 Å². The lowest BCUT2D eigenvalue weighted by Crippen LogP contribution is -2.26. The van der Waals surface area contributed by atoms with Crippen molar-refractivity contribution >= 4 is 152 Å². The van der Waals surface area contributed by atoms with Crippen LogP contribution in [0.15, 0.2) is 490 Å². The first-order valence-electron chi connectivity index (χ1n) is 47.9. The van der Waals surface area contributed by atoms with E-state index in [4.69, 9.17) is 4.42 Å². The molecule has 0 amide bonds. The first-order valence-corrected chi connectivity index (χ1v) is 48.7. The van der Waals surface area contributed by atoms with E-state index in [1.165, 1.54) is 185 Å². The van der Waals surface area contributed by atoms with E-state index >= 15 is 0 Å². The largest absolute Gasteiger partial charge is 0.456 e. The molecule has 0 atom stereocenters. The van der Waals surface area contributed by atoms with Crippen LogP contribution in [0.3, 0.4) is 0 Å². The van der Waals surface area contributed by atoms with Gasteiger partial charge in [0.15, 0.2) is 0 Å². The molecule has 26 aromatic rings. The first-order chi connectivity index (χ1) is 68.4. The summed E-state index contributed by atoms with van der Waals surface area (Å²) in [4.78, 5) is 5.18. The van der Waals surface area contributed by atoms with E-state index in [2.05, 4.69) is 495 Å². The summed E-state index contributed by atoms with van der Waals surface area (Å²) >= 11 is 1.90. The minimum atomic E-state index is -0.656. The van der Waals surface area contributed by atoms with Crippen molar-refractivity contribution in [2.75, 3.05) is 9.80 Å². The van der Waals surface area contributed by atoms with Gasteiger partial charge in [-0.3, -0.25) is 0 Å². The van der Waals surface area contributed by atoms with E-state index in [0.717, 1.165) is 101 Å². The summed E-state index contributed by atoms with van der Waals surface area (Å²) in [5.41, 5.74) is 38.6. The van der Waals surface area contributed by atoms with Crippen molar-refractivity contribution in [3.05, 3.63) is 530 Å². The average molecular weight is 1770 g/mol. The number of hydrogen-bond donors (Lipinski definition) is 0. The molecule has 0 saturated carbocycles. The monoisotopic (exact) mass is 1760 g/mol. The van der Waals surface area contributed by atoms with Crippen molar-refractivity contribution in [2.24, 2.45) is 0 Å². The van der Waals surface area contributed by atoms with E-state index in [-0.39, 0.29) is 0 Å². The number of hydrogen-bond acceptors (Lipinski definition) is 4. The molecule has 0 saturated heterocycles. The molecule has 4 aliphatic carbocycles. The predicted molar refractivity (Wildman–Crippen MR) is 581 cm³/mol. The molecule has 2 spiro atoms. The number of furan rings is 1. The molecule has 138 heavy (non-hydrogen) atoms. The molecule has 2 aromatic heterocycles. The van der Waals surface area contributed by atoms with Gasteiger partial charge in [-0.1, -0.05) is 382 Å². The fourth-order valence-electron chi connectivity index (χ4n) is 25.3. The van der Waals surface area contributed by atoms with Gasteiger partial charge in [-0.2, -0.15) is 0 Å². The van der Waals surface area contributed by atoms with E-state index in [9.17, 15) is 0 Å².